The smallest absolute Gasteiger partial charge is 0.264 e. The molecule has 1 aromatic carbocycles. The van der Waals surface area contributed by atoms with Gasteiger partial charge in [0, 0.05) is 28.6 Å². The van der Waals surface area contributed by atoms with Crippen molar-refractivity contribution in [1.82, 2.24) is 9.97 Å². The largest absolute Gasteiger partial charge is 0.326 e. The van der Waals surface area contributed by atoms with Crippen LogP contribution in [0.3, 0.4) is 0 Å². The van der Waals surface area contributed by atoms with Crippen LogP contribution in [0.4, 0.5) is 11.6 Å². The number of benzene rings is 1. The summed E-state index contributed by atoms with van der Waals surface area (Å²) in [4.78, 5) is 18.7. The Labute approximate surface area is 135 Å². The fourth-order valence-corrected chi connectivity index (χ4v) is 2.70. The number of halogens is 1. The molecule has 0 saturated heterocycles. The fraction of sp³-hybridized carbons (Fsp3) is 0.0833. The highest BCUT2D eigenvalue weighted by atomic mass is 127. The maximum absolute atomic E-state index is 12.1. The maximum Gasteiger partial charge on any atom is 0.264 e. The van der Waals surface area contributed by atoms with Crippen molar-refractivity contribution in [3.63, 3.8) is 0 Å². The van der Waals surface area contributed by atoms with E-state index in [4.69, 9.17) is 0 Å². The lowest BCUT2D eigenvalue weighted by molar-refractivity contribution is -0.114. The lowest BCUT2D eigenvalue weighted by atomic mass is 10.3. The van der Waals surface area contributed by atoms with Gasteiger partial charge in [0.1, 0.15) is 0 Å². The maximum atomic E-state index is 12.1. The van der Waals surface area contributed by atoms with Crippen molar-refractivity contribution >= 4 is 50.2 Å². The van der Waals surface area contributed by atoms with Crippen molar-refractivity contribution in [1.29, 1.82) is 0 Å². The van der Waals surface area contributed by atoms with E-state index in [1.54, 1.807) is 0 Å². The zero-order valence-corrected chi connectivity index (χ0v) is 13.8. The van der Waals surface area contributed by atoms with E-state index in [0.29, 0.717) is 5.69 Å². The zero-order chi connectivity index (χ0) is 15.5. The Balaban J connectivity index is 2.19. The Hall–Kier alpha value is -1.75. The van der Waals surface area contributed by atoms with Crippen LogP contribution in [0.25, 0.3) is 0 Å². The second kappa shape index (κ2) is 6.35. The molecule has 0 unspecified atom stereocenters. The molecule has 7 nitrogen and oxygen atoms in total. The predicted molar refractivity (Wildman–Crippen MR) is 86.3 cm³/mol. The fourth-order valence-electron chi connectivity index (χ4n) is 1.46. The molecule has 0 saturated carbocycles. The summed E-state index contributed by atoms with van der Waals surface area (Å²) in [6.07, 6.45) is 3.01. The van der Waals surface area contributed by atoms with Crippen LogP contribution in [0.2, 0.25) is 0 Å². The second-order valence-corrected chi connectivity index (χ2v) is 6.96. The minimum absolute atomic E-state index is 0.00125. The van der Waals surface area contributed by atoms with E-state index in [2.05, 4.69) is 20.0 Å². The van der Waals surface area contributed by atoms with Crippen LogP contribution in [-0.2, 0) is 14.8 Å². The number of carbonyl (C=O) groups is 1. The van der Waals surface area contributed by atoms with Crippen molar-refractivity contribution in [2.45, 2.75) is 11.8 Å². The van der Waals surface area contributed by atoms with Crippen LogP contribution < -0.4 is 10.0 Å². The van der Waals surface area contributed by atoms with Gasteiger partial charge in [-0.15, -0.1) is 0 Å². The highest BCUT2D eigenvalue weighted by Gasteiger charge is 2.15. The quantitative estimate of drug-likeness (QED) is 0.739. The van der Waals surface area contributed by atoms with Gasteiger partial charge in [-0.25, -0.2) is 23.1 Å². The van der Waals surface area contributed by atoms with Gasteiger partial charge in [-0.05, 0) is 46.9 Å². The molecule has 0 bridgehead atoms. The SMILES string of the molecule is CC(=O)Nc1ccc(S(=O)(=O)Nc2ncc(I)cn2)cc1. The minimum Gasteiger partial charge on any atom is -0.326 e. The van der Waals surface area contributed by atoms with Gasteiger partial charge in [0.25, 0.3) is 10.0 Å². The molecule has 9 heteroatoms. The molecule has 1 aromatic heterocycles. The van der Waals surface area contributed by atoms with Gasteiger partial charge in [-0.3, -0.25) is 4.79 Å². The van der Waals surface area contributed by atoms with E-state index in [0.717, 1.165) is 3.57 Å². The number of nitrogens with zero attached hydrogens (tertiary/aromatic N) is 2. The number of anilines is 2. The highest BCUT2D eigenvalue weighted by molar-refractivity contribution is 14.1. The Morgan fingerprint density at radius 3 is 2.24 bits per heavy atom. The molecule has 2 aromatic rings. The van der Waals surface area contributed by atoms with Gasteiger partial charge in [0.2, 0.25) is 11.9 Å². The summed E-state index contributed by atoms with van der Waals surface area (Å²) < 4.78 is 27.4. The van der Waals surface area contributed by atoms with E-state index in [-0.39, 0.29) is 16.8 Å². The minimum atomic E-state index is -3.76. The number of hydrogen-bond donors (Lipinski definition) is 2. The van der Waals surface area contributed by atoms with Crippen LogP contribution in [0.1, 0.15) is 6.92 Å². The zero-order valence-electron chi connectivity index (χ0n) is 10.9. The van der Waals surface area contributed by atoms with Gasteiger partial charge < -0.3 is 5.32 Å². The molecule has 0 radical (unpaired) electrons. The van der Waals surface area contributed by atoms with Crippen LogP contribution in [0.15, 0.2) is 41.6 Å². The van der Waals surface area contributed by atoms with Crippen LogP contribution in [0, 0.1) is 3.57 Å². The summed E-state index contributed by atoms with van der Waals surface area (Å²) >= 11 is 2.02. The molecule has 0 atom stereocenters. The topological polar surface area (TPSA) is 101 Å². The molecule has 110 valence electrons. The van der Waals surface area contributed by atoms with Gasteiger partial charge >= 0.3 is 0 Å². The standard InChI is InChI=1S/C12H11IN4O3S/c1-8(18)16-10-2-4-11(5-3-10)21(19,20)17-12-14-6-9(13)7-15-12/h2-7H,1H3,(H,16,18)(H,14,15,17). The molecular weight excluding hydrogens is 407 g/mol. The molecule has 0 aliphatic rings. The van der Waals surface area contributed by atoms with Crippen LogP contribution in [-0.4, -0.2) is 24.3 Å². The summed E-state index contributed by atoms with van der Waals surface area (Å²) in [5.41, 5.74) is 0.520. The number of aromatic nitrogens is 2. The van der Waals surface area contributed by atoms with Gasteiger partial charge in [-0.1, -0.05) is 0 Å². The number of hydrogen-bond acceptors (Lipinski definition) is 5. The monoisotopic (exact) mass is 418 g/mol. The summed E-state index contributed by atoms with van der Waals surface area (Å²) in [5, 5.41) is 2.56. The molecule has 1 heterocycles. The van der Waals surface area contributed by atoms with Crippen molar-refractivity contribution in [3.8, 4) is 0 Å². The summed E-state index contributed by atoms with van der Waals surface area (Å²) in [7, 11) is -3.76. The molecule has 0 aliphatic heterocycles. The Kier molecular flexibility index (Phi) is 4.73. The first-order chi connectivity index (χ1) is 9.87. The number of sulfonamides is 1. The van der Waals surface area contributed by atoms with Crippen LogP contribution >= 0.6 is 22.6 Å². The lowest BCUT2D eigenvalue weighted by Gasteiger charge is -2.07. The summed E-state index contributed by atoms with van der Waals surface area (Å²) in [6.45, 7) is 1.38. The third-order valence-electron chi connectivity index (χ3n) is 2.33. The molecule has 21 heavy (non-hydrogen) atoms. The summed E-state index contributed by atoms with van der Waals surface area (Å²) in [6, 6.07) is 5.79. The predicted octanol–water partition coefficient (Wildman–Crippen LogP) is 1.84. The van der Waals surface area contributed by atoms with Crippen molar-refractivity contribution < 1.29 is 13.2 Å². The molecule has 0 fully saturated rings. The molecule has 0 spiro atoms. The van der Waals surface area contributed by atoms with Gasteiger partial charge in [0.15, 0.2) is 0 Å². The first kappa shape index (κ1) is 15.6. The number of rotatable bonds is 4. The molecule has 2 N–H and O–H groups in total. The number of amides is 1. The molecule has 1 amide bonds. The summed E-state index contributed by atoms with van der Waals surface area (Å²) in [5.74, 6) is -0.225. The van der Waals surface area contributed by atoms with Crippen molar-refractivity contribution in [2.75, 3.05) is 10.0 Å². The Morgan fingerprint density at radius 1 is 1.14 bits per heavy atom. The highest BCUT2D eigenvalue weighted by Crippen LogP contribution is 2.16. The van der Waals surface area contributed by atoms with E-state index < -0.39 is 10.0 Å². The Bertz CT molecular complexity index is 745. The average Bonchev–Trinajstić information content (AvgIpc) is 2.41. The van der Waals surface area contributed by atoms with Gasteiger partial charge in [-0.2, -0.15) is 0 Å². The molecular formula is C12H11IN4O3S. The molecule has 2 rings (SSSR count). The number of carbonyl (C=O) groups excluding carboxylic acids is 1. The van der Waals surface area contributed by atoms with Crippen molar-refractivity contribution in [3.05, 3.63) is 40.2 Å². The first-order valence-electron chi connectivity index (χ1n) is 5.75. The lowest BCUT2D eigenvalue weighted by Crippen LogP contribution is -2.15. The van der Waals surface area contributed by atoms with E-state index in [9.17, 15) is 13.2 Å². The Morgan fingerprint density at radius 2 is 1.71 bits per heavy atom. The van der Waals surface area contributed by atoms with E-state index >= 15 is 0 Å². The number of nitrogens with one attached hydrogen (secondary N) is 2. The molecule has 0 aliphatic carbocycles. The second-order valence-electron chi connectivity index (χ2n) is 4.04. The van der Waals surface area contributed by atoms with Gasteiger partial charge in [0.05, 0.1) is 4.90 Å². The third kappa shape index (κ3) is 4.36. The first-order valence-corrected chi connectivity index (χ1v) is 8.31. The van der Waals surface area contributed by atoms with E-state index in [1.807, 2.05) is 22.6 Å². The van der Waals surface area contributed by atoms with E-state index in [1.165, 1.54) is 43.6 Å². The van der Waals surface area contributed by atoms with Crippen LogP contribution in [0.5, 0.6) is 0 Å². The third-order valence-corrected chi connectivity index (χ3v) is 4.23. The normalized spacial score (nSPS) is 11.0. The van der Waals surface area contributed by atoms with Crippen molar-refractivity contribution in [2.24, 2.45) is 0 Å². The average molecular weight is 418 g/mol.